The summed E-state index contributed by atoms with van der Waals surface area (Å²) in [6.45, 7) is 8.22. The summed E-state index contributed by atoms with van der Waals surface area (Å²) in [5.41, 5.74) is 1.70. The maximum absolute atomic E-state index is 13.3. The summed E-state index contributed by atoms with van der Waals surface area (Å²) < 4.78 is 10.7. The Morgan fingerprint density at radius 2 is 1.82 bits per heavy atom. The van der Waals surface area contributed by atoms with E-state index in [9.17, 15) is 9.59 Å². The van der Waals surface area contributed by atoms with Crippen molar-refractivity contribution in [3.63, 3.8) is 0 Å². The van der Waals surface area contributed by atoms with Crippen LogP contribution < -0.4 is 9.47 Å². The van der Waals surface area contributed by atoms with Crippen molar-refractivity contribution in [1.82, 2.24) is 9.80 Å². The molecule has 1 atom stereocenters. The Labute approximate surface area is 167 Å². The van der Waals surface area contributed by atoms with Gasteiger partial charge >= 0.3 is 0 Å². The number of carbonyl (C=O) groups excluding carboxylic acids is 2. The van der Waals surface area contributed by atoms with Gasteiger partial charge in [-0.05, 0) is 42.4 Å². The first-order chi connectivity index (χ1) is 13.4. The van der Waals surface area contributed by atoms with E-state index >= 15 is 0 Å². The number of hydrogen-bond donors (Lipinski definition) is 0. The molecule has 152 valence electrons. The second-order valence-corrected chi connectivity index (χ2v) is 8.10. The van der Waals surface area contributed by atoms with E-state index in [1.807, 2.05) is 19.9 Å². The van der Waals surface area contributed by atoms with E-state index in [2.05, 4.69) is 11.8 Å². The fourth-order valence-electron chi connectivity index (χ4n) is 4.03. The smallest absolute Gasteiger partial charge is 0.277 e. The molecule has 6 heteroatoms. The predicted molar refractivity (Wildman–Crippen MR) is 108 cm³/mol. The van der Waals surface area contributed by atoms with Gasteiger partial charge in [-0.15, -0.1) is 0 Å². The molecule has 1 unspecified atom stereocenters. The number of benzene rings is 1. The van der Waals surface area contributed by atoms with Gasteiger partial charge in [0.25, 0.3) is 11.8 Å². The topological polar surface area (TPSA) is 59.1 Å². The Kier molecular flexibility index (Phi) is 5.96. The number of amides is 2. The van der Waals surface area contributed by atoms with Gasteiger partial charge in [-0.2, -0.15) is 0 Å². The molecule has 2 heterocycles. The Morgan fingerprint density at radius 1 is 1.11 bits per heavy atom. The quantitative estimate of drug-likeness (QED) is 0.703. The van der Waals surface area contributed by atoms with E-state index in [0.717, 1.165) is 25.9 Å². The van der Waals surface area contributed by atoms with Crippen LogP contribution in [0.1, 0.15) is 39.2 Å². The maximum atomic E-state index is 13.3. The van der Waals surface area contributed by atoms with Crippen molar-refractivity contribution in [2.75, 3.05) is 33.9 Å². The minimum Gasteiger partial charge on any atom is -0.493 e. The molecule has 2 aliphatic heterocycles. The van der Waals surface area contributed by atoms with Crippen molar-refractivity contribution >= 4 is 17.4 Å². The average molecular weight is 386 g/mol. The zero-order valence-electron chi connectivity index (χ0n) is 17.4. The molecule has 0 bridgehead atoms. The van der Waals surface area contributed by atoms with Gasteiger partial charge in [-0.3, -0.25) is 14.5 Å². The molecule has 1 aromatic rings. The SMILES string of the molecule is COc1ccc(C2=C(N3CCCC(C)C3)C(=O)N(CC(C)C)C2=O)cc1OC. The first-order valence-electron chi connectivity index (χ1n) is 9.95. The monoisotopic (exact) mass is 386 g/mol. The minimum absolute atomic E-state index is 0.183. The third-order valence-electron chi connectivity index (χ3n) is 5.34. The standard InChI is InChI=1S/C22H30N2O4/c1-14(2)12-24-21(25)19(16-8-9-17(27-4)18(11-16)28-5)20(22(24)26)23-10-6-7-15(3)13-23/h8-9,11,14-15H,6-7,10,12-13H2,1-5H3. The number of piperidine rings is 1. The maximum Gasteiger partial charge on any atom is 0.277 e. The van der Waals surface area contributed by atoms with E-state index < -0.39 is 0 Å². The van der Waals surface area contributed by atoms with E-state index in [4.69, 9.17) is 9.47 Å². The van der Waals surface area contributed by atoms with Gasteiger partial charge in [0.2, 0.25) is 0 Å². The number of hydrogen-bond acceptors (Lipinski definition) is 5. The van der Waals surface area contributed by atoms with Crippen LogP contribution in [0.3, 0.4) is 0 Å². The second-order valence-electron chi connectivity index (χ2n) is 8.10. The van der Waals surface area contributed by atoms with Crippen LogP contribution >= 0.6 is 0 Å². The number of ether oxygens (including phenoxy) is 2. The summed E-state index contributed by atoms with van der Waals surface area (Å²) >= 11 is 0. The van der Waals surface area contributed by atoms with Crippen molar-refractivity contribution in [3.05, 3.63) is 29.5 Å². The first-order valence-corrected chi connectivity index (χ1v) is 9.95. The second kappa shape index (κ2) is 8.25. The minimum atomic E-state index is -0.223. The van der Waals surface area contributed by atoms with Crippen LogP contribution in [0.2, 0.25) is 0 Å². The Morgan fingerprint density at radius 3 is 2.43 bits per heavy atom. The number of imide groups is 1. The highest BCUT2D eigenvalue weighted by Gasteiger charge is 2.42. The Hall–Kier alpha value is -2.50. The third-order valence-corrected chi connectivity index (χ3v) is 5.34. The van der Waals surface area contributed by atoms with Crippen molar-refractivity contribution in [2.24, 2.45) is 11.8 Å². The Balaban J connectivity index is 2.10. The lowest BCUT2D eigenvalue weighted by molar-refractivity contribution is -0.138. The molecule has 1 fully saturated rings. The van der Waals surface area contributed by atoms with Gasteiger partial charge in [0.05, 0.1) is 19.8 Å². The molecule has 1 aromatic carbocycles. The largest absolute Gasteiger partial charge is 0.493 e. The molecule has 6 nitrogen and oxygen atoms in total. The van der Waals surface area contributed by atoms with Crippen LogP contribution in [0.4, 0.5) is 0 Å². The first kappa shape index (κ1) is 20.2. The molecule has 0 aromatic heterocycles. The summed E-state index contributed by atoms with van der Waals surface area (Å²) in [6, 6.07) is 5.39. The van der Waals surface area contributed by atoms with Crippen LogP contribution in [0.5, 0.6) is 11.5 Å². The lowest BCUT2D eigenvalue weighted by Gasteiger charge is -2.33. The summed E-state index contributed by atoms with van der Waals surface area (Å²) in [5.74, 6) is 1.43. The van der Waals surface area contributed by atoms with E-state index in [0.29, 0.717) is 40.8 Å². The van der Waals surface area contributed by atoms with Gasteiger partial charge in [0.1, 0.15) is 5.70 Å². The molecule has 0 aliphatic carbocycles. The van der Waals surface area contributed by atoms with Gasteiger partial charge in [-0.25, -0.2) is 0 Å². The highest BCUT2D eigenvalue weighted by atomic mass is 16.5. The molecule has 0 spiro atoms. The number of nitrogens with zero attached hydrogens (tertiary/aromatic N) is 2. The molecule has 3 rings (SSSR count). The lowest BCUT2D eigenvalue weighted by Crippen LogP contribution is -2.40. The van der Waals surface area contributed by atoms with Gasteiger partial charge < -0.3 is 14.4 Å². The van der Waals surface area contributed by atoms with Crippen molar-refractivity contribution in [3.8, 4) is 11.5 Å². The fourth-order valence-corrected chi connectivity index (χ4v) is 4.03. The molecule has 2 aliphatic rings. The summed E-state index contributed by atoms with van der Waals surface area (Å²) in [6.07, 6.45) is 2.17. The van der Waals surface area contributed by atoms with Crippen LogP contribution in [0, 0.1) is 11.8 Å². The zero-order valence-corrected chi connectivity index (χ0v) is 17.4. The number of likely N-dealkylation sites (tertiary alicyclic amines) is 1. The number of methoxy groups -OCH3 is 2. The molecule has 2 amide bonds. The normalized spacial score (nSPS) is 20.4. The van der Waals surface area contributed by atoms with Crippen molar-refractivity contribution in [2.45, 2.75) is 33.6 Å². The molecule has 1 saturated heterocycles. The van der Waals surface area contributed by atoms with E-state index in [1.165, 1.54) is 4.90 Å². The number of rotatable bonds is 6. The van der Waals surface area contributed by atoms with Crippen molar-refractivity contribution in [1.29, 1.82) is 0 Å². The average Bonchev–Trinajstić information content (AvgIpc) is 2.91. The highest BCUT2D eigenvalue weighted by Crippen LogP contribution is 2.37. The molecule has 0 saturated carbocycles. The van der Waals surface area contributed by atoms with Crippen molar-refractivity contribution < 1.29 is 19.1 Å². The van der Waals surface area contributed by atoms with Gasteiger partial charge in [0.15, 0.2) is 11.5 Å². The molecular formula is C22H30N2O4. The molecule has 0 radical (unpaired) electrons. The number of carbonyl (C=O) groups is 2. The van der Waals surface area contributed by atoms with E-state index in [1.54, 1.807) is 26.4 Å². The van der Waals surface area contributed by atoms with Crippen LogP contribution in [-0.2, 0) is 9.59 Å². The third kappa shape index (κ3) is 3.73. The fraction of sp³-hybridized carbons (Fsp3) is 0.545. The summed E-state index contributed by atoms with van der Waals surface area (Å²) in [5, 5.41) is 0. The van der Waals surface area contributed by atoms with E-state index in [-0.39, 0.29) is 17.7 Å². The Bertz CT molecular complexity index is 800. The predicted octanol–water partition coefficient (Wildman–Crippen LogP) is 3.17. The van der Waals surface area contributed by atoms with Crippen LogP contribution in [0.15, 0.2) is 23.9 Å². The summed E-state index contributed by atoms with van der Waals surface area (Å²) in [4.78, 5) is 30.0. The molecular weight excluding hydrogens is 356 g/mol. The van der Waals surface area contributed by atoms with Crippen LogP contribution in [-0.4, -0.2) is 55.5 Å². The van der Waals surface area contributed by atoms with Crippen LogP contribution in [0.25, 0.3) is 5.57 Å². The molecule has 28 heavy (non-hydrogen) atoms. The highest BCUT2D eigenvalue weighted by molar-refractivity contribution is 6.35. The zero-order chi connectivity index (χ0) is 20.4. The summed E-state index contributed by atoms with van der Waals surface area (Å²) in [7, 11) is 3.14. The lowest BCUT2D eigenvalue weighted by atomic mass is 9.97. The molecule has 0 N–H and O–H groups in total. The van der Waals surface area contributed by atoms with Gasteiger partial charge in [-0.1, -0.05) is 26.8 Å². The van der Waals surface area contributed by atoms with Gasteiger partial charge in [0, 0.05) is 19.6 Å².